The topological polar surface area (TPSA) is 55.0 Å². The second-order valence-corrected chi connectivity index (χ2v) is 3.48. The van der Waals surface area contributed by atoms with Gasteiger partial charge in [-0.15, -0.1) is 0 Å². The summed E-state index contributed by atoms with van der Waals surface area (Å²) >= 11 is 0. The number of hydrogen-bond acceptors (Lipinski definition) is 3. The van der Waals surface area contributed by atoms with E-state index in [-0.39, 0.29) is 5.69 Å². The number of benzene rings is 1. The third-order valence-electron chi connectivity index (χ3n) is 2.27. The average molecular weight is 216 g/mol. The van der Waals surface area contributed by atoms with Crippen LogP contribution < -0.4 is 10.4 Å². The standard InChI is InChI=1S/C12H12N2O2/c1-8-7-11(14-12(15)13-8)9-3-5-10(16-2)6-4-9/h3-7H,1-2H3,(H,13,14,15). The van der Waals surface area contributed by atoms with Crippen LogP contribution in [0, 0.1) is 6.92 Å². The first kappa shape index (κ1) is 10.4. The van der Waals surface area contributed by atoms with Gasteiger partial charge in [0.25, 0.3) is 0 Å². The minimum Gasteiger partial charge on any atom is -0.497 e. The Bertz CT molecular complexity index is 544. The zero-order valence-electron chi connectivity index (χ0n) is 9.15. The lowest BCUT2D eigenvalue weighted by molar-refractivity contribution is 0.415. The number of H-pyrrole nitrogens is 1. The van der Waals surface area contributed by atoms with Crippen molar-refractivity contribution in [1.82, 2.24) is 9.97 Å². The summed E-state index contributed by atoms with van der Waals surface area (Å²) in [6.45, 7) is 1.83. The smallest absolute Gasteiger partial charge is 0.345 e. The van der Waals surface area contributed by atoms with E-state index >= 15 is 0 Å². The molecule has 1 aromatic heterocycles. The molecule has 4 heteroatoms. The molecule has 0 saturated heterocycles. The number of nitrogens with one attached hydrogen (secondary N) is 1. The van der Waals surface area contributed by atoms with Crippen molar-refractivity contribution < 1.29 is 4.74 Å². The van der Waals surface area contributed by atoms with E-state index in [4.69, 9.17) is 4.74 Å². The second kappa shape index (κ2) is 4.18. The van der Waals surface area contributed by atoms with Crippen LogP contribution in [0.4, 0.5) is 0 Å². The highest BCUT2D eigenvalue weighted by molar-refractivity contribution is 5.59. The number of rotatable bonds is 2. The van der Waals surface area contributed by atoms with Crippen LogP contribution in [0.25, 0.3) is 11.3 Å². The van der Waals surface area contributed by atoms with Crippen molar-refractivity contribution in [2.75, 3.05) is 7.11 Å². The van der Waals surface area contributed by atoms with Gasteiger partial charge in [-0.2, -0.15) is 4.98 Å². The lowest BCUT2D eigenvalue weighted by Gasteiger charge is -2.03. The monoisotopic (exact) mass is 216 g/mol. The molecular weight excluding hydrogens is 204 g/mol. The Morgan fingerprint density at radius 2 is 1.94 bits per heavy atom. The van der Waals surface area contributed by atoms with E-state index in [0.29, 0.717) is 5.69 Å². The molecule has 1 N–H and O–H groups in total. The number of hydrogen-bond donors (Lipinski definition) is 1. The van der Waals surface area contributed by atoms with Crippen molar-refractivity contribution in [1.29, 1.82) is 0 Å². The number of methoxy groups -OCH3 is 1. The van der Waals surface area contributed by atoms with Gasteiger partial charge >= 0.3 is 5.69 Å². The minimum absolute atomic E-state index is 0.328. The lowest BCUT2D eigenvalue weighted by atomic mass is 10.1. The number of aromatic nitrogens is 2. The molecule has 0 aliphatic rings. The van der Waals surface area contributed by atoms with Crippen molar-refractivity contribution in [3.8, 4) is 17.0 Å². The van der Waals surface area contributed by atoms with E-state index in [1.165, 1.54) is 0 Å². The van der Waals surface area contributed by atoms with E-state index in [1.54, 1.807) is 7.11 Å². The number of aryl methyl sites for hydroxylation is 1. The normalized spacial score (nSPS) is 10.1. The highest BCUT2D eigenvalue weighted by Gasteiger charge is 2.01. The maximum atomic E-state index is 11.2. The van der Waals surface area contributed by atoms with Crippen LogP contribution in [0.3, 0.4) is 0 Å². The van der Waals surface area contributed by atoms with Crippen LogP contribution in [-0.2, 0) is 0 Å². The molecule has 0 radical (unpaired) electrons. The zero-order chi connectivity index (χ0) is 11.5. The van der Waals surface area contributed by atoms with E-state index in [1.807, 2.05) is 37.3 Å². The first-order valence-electron chi connectivity index (χ1n) is 4.91. The van der Waals surface area contributed by atoms with Gasteiger partial charge in [-0.3, -0.25) is 0 Å². The molecule has 0 fully saturated rings. The number of ether oxygens (including phenoxy) is 1. The Kier molecular flexibility index (Phi) is 2.72. The summed E-state index contributed by atoms with van der Waals surface area (Å²) in [5.74, 6) is 0.783. The summed E-state index contributed by atoms with van der Waals surface area (Å²) in [4.78, 5) is 17.7. The van der Waals surface area contributed by atoms with Gasteiger partial charge in [-0.05, 0) is 37.3 Å². The molecule has 1 heterocycles. The summed E-state index contributed by atoms with van der Waals surface area (Å²) in [6, 6.07) is 9.27. The molecule has 0 bridgehead atoms. The highest BCUT2D eigenvalue weighted by atomic mass is 16.5. The molecule has 4 nitrogen and oxygen atoms in total. The molecule has 2 rings (SSSR count). The van der Waals surface area contributed by atoms with Gasteiger partial charge < -0.3 is 9.72 Å². The Hall–Kier alpha value is -2.10. The molecule has 1 aromatic carbocycles. The second-order valence-electron chi connectivity index (χ2n) is 3.48. The average Bonchev–Trinajstić information content (AvgIpc) is 2.28. The summed E-state index contributed by atoms with van der Waals surface area (Å²) in [7, 11) is 1.62. The van der Waals surface area contributed by atoms with Crippen molar-refractivity contribution >= 4 is 0 Å². The molecule has 0 aliphatic carbocycles. The van der Waals surface area contributed by atoms with Crippen LogP contribution in [0.2, 0.25) is 0 Å². The SMILES string of the molecule is COc1ccc(-c2cc(C)[nH]c(=O)n2)cc1. The molecule has 0 saturated carbocycles. The summed E-state index contributed by atoms with van der Waals surface area (Å²) in [6.07, 6.45) is 0. The van der Waals surface area contributed by atoms with Gasteiger partial charge in [-0.25, -0.2) is 4.79 Å². The van der Waals surface area contributed by atoms with Crippen LogP contribution >= 0.6 is 0 Å². The van der Waals surface area contributed by atoms with E-state index in [0.717, 1.165) is 17.0 Å². The van der Waals surface area contributed by atoms with Crippen molar-refractivity contribution in [3.05, 3.63) is 46.5 Å². The number of nitrogens with zero attached hydrogens (tertiary/aromatic N) is 1. The van der Waals surface area contributed by atoms with Gasteiger partial charge in [0, 0.05) is 11.3 Å². The molecule has 0 amide bonds. The quantitative estimate of drug-likeness (QED) is 0.832. The Labute approximate surface area is 92.9 Å². The van der Waals surface area contributed by atoms with Crippen LogP contribution in [0.15, 0.2) is 35.1 Å². The minimum atomic E-state index is -0.328. The molecular formula is C12H12N2O2. The van der Waals surface area contributed by atoms with Crippen LogP contribution in [-0.4, -0.2) is 17.1 Å². The van der Waals surface area contributed by atoms with Gasteiger partial charge in [0.15, 0.2) is 0 Å². The molecule has 0 atom stereocenters. The van der Waals surface area contributed by atoms with Crippen molar-refractivity contribution in [3.63, 3.8) is 0 Å². The molecule has 0 aliphatic heterocycles. The fourth-order valence-electron chi connectivity index (χ4n) is 1.49. The Balaban J connectivity index is 2.46. The number of aromatic amines is 1. The summed E-state index contributed by atoms with van der Waals surface area (Å²) in [5.41, 5.74) is 2.04. The maximum Gasteiger partial charge on any atom is 0.345 e. The molecule has 0 unspecified atom stereocenters. The van der Waals surface area contributed by atoms with Crippen molar-refractivity contribution in [2.45, 2.75) is 6.92 Å². The molecule has 0 spiro atoms. The van der Waals surface area contributed by atoms with Gasteiger partial charge in [0.2, 0.25) is 0 Å². The fraction of sp³-hybridized carbons (Fsp3) is 0.167. The molecule has 16 heavy (non-hydrogen) atoms. The lowest BCUT2D eigenvalue weighted by Crippen LogP contribution is -2.11. The predicted octanol–water partition coefficient (Wildman–Crippen LogP) is 1.75. The first-order valence-corrected chi connectivity index (χ1v) is 4.91. The predicted molar refractivity (Wildman–Crippen MR) is 61.6 cm³/mol. The van der Waals surface area contributed by atoms with E-state index < -0.39 is 0 Å². The van der Waals surface area contributed by atoms with Gasteiger partial charge in [0.1, 0.15) is 5.75 Å². The first-order chi connectivity index (χ1) is 7.69. The van der Waals surface area contributed by atoms with E-state index in [2.05, 4.69) is 9.97 Å². The third-order valence-corrected chi connectivity index (χ3v) is 2.27. The van der Waals surface area contributed by atoms with Gasteiger partial charge in [-0.1, -0.05) is 0 Å². The van der Waals surface area contributed by atoms with Crippen molar-refractivity contribution in [2.24, 2.45) is 0 Å². The Morgan fingerprint density at radius 3 is 2.50 bits per heavy atom. The summed E-state index contributed by atoms with van der Waals surface area (Å²) in [5, 5.41) is 0. The van der Waals surface area contributed by atoms with Gasteiger partial charge in [0.05, 0.1) is 12.8 Å². The zero-order valence-corrected chi connectivity index (χ0v) is 9.15. The van der Waals surface area contributed by atoms with E-state index in [9.17, 15) is 4.79 Å². The van der Waals surface area contributed by atoms with Crippen LogP contribution in [0.1, 0.15) is 5.69 Å². The largest absolute Gasteiger partial charge is 0.497 e. The molecule has 2 aromatic rings. The Morgan fingerprint density at radius 1 is 1.25 bits per heavy atom. The third kappa shape index (κ3) is 2.11. The highest BCUT2D eigenvalue weighted by Crippen LogP contribution is 2.19. The fourth-order valence-corrected chi connectivity index (χ4v) is 1.49. The molecule has 82 valence electrons. The summed E-state index contributed by atoms with van der Waals surface area (Å²) < 4.78 is 5.06. The maximum absolute atomic E-state index is 11.2. The van der Waals surface area contributed by atoms with Crippen LogP contribution in [0.5, 0.6) is 5.75 Å².